The number of rotatable bonds is 5. The largest absolute Gasteiger partial charge is 0.368 e. The quantitative estimate of drug-likeness (QED) is 0.787. The minimum atomic E-state index is -0.458. The lowest BCUT2D eigenvalue weighted by Crippen LogP contribution is -2.49. The van der Waals surface area contributed by atoms with Crippen molar-refractivity contribution in [3.63, 3.8) is 0 Å². The summed E-state index contributed by atoms with van der Waals surface area (Å²) in [5.74, 6) is 0.556. The Labute approximate surface area is 122 Å². The average molecular weight is 283 g/mol. The van der Waals surface area contributed by atoms with Gasteiger partial charge in [-0.15, -0.1) is 0 Å². The molecule has 1 fully saturated rings. The summed E-state index contributed by atoms with van der Waals surface area (Å²) in [6, 6.07) is 0.0645. The first-order chi connectivity index (χ1) is 9.22. The zero-order valence-electron chi connectivity index (χ0n) is 13.1. The number of carbonyl (C=O) groups is 2. The Morgan fingerprint density at radius 1 is 1.20 bits per heavy atom. The van der Waals surface area contributed by atoms with Crippen molar-refractivity contribution in [2.24, 2.45) is 35.1 Å². The summed E-state index contributed by atoms with van der Waals surface area (Å²) in [5.41, 5.74) is 11.4. The van der Waals surface area contributed by atoms with Gasteiger partial charge in [-0.1, -0.05) is 27.7 Å². The van der Waals surface area contributed by atoms with Crippen LogP contribution in [0.15, 0.2) is 0 Å². The second kappa shape index (κ2) is 7.07. The van der Waals surface area contributed by atoms with E-state index in [9.17, 15) is 9.59 Å². The fourth-order valence-corrected chi connectivity index (χ4v) is 3.12. The molecule has 5 heteroatoms. The Balaban J connectivity index is 2.79. The van der Waals surface area contributed by atoms with Crippen LogP contribution in [0.4, 0.5) is 0 Å². The first-order valence-electron chi connectivity index (χ1n) is 7.55. The van der Waals surface area contributed by atoms with Crippen molar-refractivity contribution >= 4 is 11.8 Å². The molecule has 0 aromatic heterocycles. The van der Waals surface area contributed by atoms with Crippen LogP contribution in [0.25, 0.3) is 0 Å². The molecule has 4 N–H and O–H groups in total. The monoisotopic (exact) mass is 283 g/mol. The highest BCUT2D eigenvalue weighted by Gasteiger charge is 2.37. The fraction of sp³-hybridized carbons (Fsp3) is 0.867. The van der Waals surface area contributed by atoms with Crippen LogP contribution in [0.2, 0.25) is 0 Å². The molecule has 1 aliphatic carbocycles. The number of carbonyl (C=O) groups excluding carboxylic acids is 2. The van der Waals surface area contributed by atoms with Crippen LogP contribution in [0.1, 0.15) is 40.5 Å². The minimum Gasteiger partial charge on any atom is -0.368 e. The van der Waals surface area contributed by atoms with Gasteiger partial charge in [-0.2, -0.15) is 0 Å². The molecule has 0 bridgehead atoms. The van der Waals surface area contributed by atoms with E-state index < -0.39 is 5.91 Å². The molecule has 0 heterocycles. The van der Waals surface area contributed by atoms with Crippen molar-refractivity contribution in [2.45, 2.75) is 46.6 Å². The Kier molecular flexibility index (Phi) is 5.99. The van der Waals surface area contributed by atoms with Crippen LogP contribution < -0.4 is 11.5 Å². The Morgan fingerprint density at radius 2 is 1.80 bits per heavy atom. The molecule has 0 spiro atoms. The highest BCUT2D eigenvalue weighted by Crippen LogP contribution is 2.34. The minimum absolute atomic E-state index is 0.00499. The van der Waals surface area contributed by atoms with Gasteiger partial charge in [-0.25, -0.2) is 0 Å². The van der Waals surface area contributed by atoms with Crippen LogP contribution in [-0.4, -0.2) is 35.8 Å². The summed E-state index contributed by atoms with van der Waals surface area (Å²) in [5, 5.41) is 0. The molecule has 20 heavy (non-hydrogen) atoms. The third-order valence-corrected chi connectivity index (χ3v) is 4.25. The maximum Gasteiger partial charge on any atom is 0.237 e. The zero-order valence-corrected chi connectivity index (χ0v) is 13.1. The summed E-state index contributed by atoms with van der Waals surface area (Å²) >= 11 is 0. The maximum absolute atomic E-state index is 12.7. The maximum atomic E-state index is 12.7. The van der Waals surface area contributed by atoms with Crippen molar-refractivity contribution < 1.29 is 9.59 Å². The van der Waals surface area contributed by atoms with Gasteiger partial charge in [0.2, 0.25) is 11.8 Å². The number of nitrogens with zero attached hydrogens (tertiary/aromatic N) is 1. The summed E-state index contributed by atoms with van der Waals surface area (Å²) < 4.78 is 0. The van der Waals surface area contributed by atoms with E-state index in [0.29, 0.717) is 30.7 Å². The average Bonchev–Trinajstić information content (AvgIpc) is 2.31. The van der Waals surface area contributed by atoms with Crippen molar-refractivity contribution in [3.05, 3.63) is 0 Å². The molecule has 0 aliphatic heterocycles. The van der Waals surface area contributed by atoms with Crippen LogP contribution in [0, 0.1) is 23.7 Å². The molecule has 4 unspecified atom stereocenters. The van der Waals surface area contributed by atoms with Gasteiger partial charge in [0.1, 0.15) is 0 Å². The molecule has 1 saturated carbocycles. The third kappa shape index (κ3) is 4.47. The molecule has 0 radical (unpaired) electrons. The summed E-state index contributed by atoms with van der Waals surface area (Å²) in [6.07, 6.45) is 1.66. The molecule has 1 aliphatic rings. The van der Waals surface area contributed by atoms with Crippen LogP contribution in [0.5, 0.6) is 0 Å². The zero-order chi connectivity index (χ0) is 15.4. The number of amides is 2. The van der Waals surface area contributed by atoms with Crippen molar-refractivity contribution in [1.29, 1.82) is 0 Å². The number of hydrogen-bond donors (Lipinski definition) is 2. The topological polar surface area (TPSA) is 89.4 Å². The SMILES string of the molecule is CC(C)CN(CC(N)=O)C(=O)C1CC(N)C(C)CC1C. The molecule has 2 amide bonds. The van der Waals surface area contributed by atoms with Gasteiger partial charge in [0.05, 0.1) is 6.54 Å². The highest BCUT2D eigenvalue weighted by atomic mass is 16.2. The standard InChI is InChI=1S/C15H29N3O2/c1-9(2)7-18(8-14(17)19)15(20)12-6-13(16)11(4)5-10(12)3/h9-13H,5-8,16H2,1-4H3,(H2,17,19). The van der Waals surface area contributed by atoms with Gasteiger partial charge in [0.15, 0.2) is 0 Å². The normalized spacial score (nSPS) is 30.3. The lowest BCUT2D eigenvalue weighted by Gasteiger charge is -2.38. The predicted octanol–water partition coefficient (Wildman–Crippen LogP) is 0.966. The molecule has 116 valence electrons. The van der Waals surface area contributed by atoms with E-state index in [1.807, 2.05) is 13.8 Å². The van der Waals surface area contributed by atoms with Crippen molar-refractivity contribution in [1.82, 2.24) is 4.90 Å². The number of hydrogen-bond acceptors (Lipinski definition) is 3. The van der Waals surface area contributed by atoms with Gasteiger partial charge in [0, 0.05) is 18.5 Å². The number of nitrogens with two attached hydrogens (primary N) is 2. The van der Waals surface area contributed by atoms with E-state index in [1.165, 1.54) is 0 Å². The van der Waals surface area contributed by atoms with Gasteiger partial charge in [0.25, 0.3) is 0 Å². The highest BCUT2D eigenvalue weighted by molar-refractivity contribution is 5.85. The second-order valence-corrected chi connectivity index (χ2v) is 6.78. The molecular formula is C15H29N3O2. The van der Waals surface area contributed by atoms with E-state index in [2.05, 4.69) is 13.8 Å². The van der Waals surface area contributed by atoms with E-state index in [1.54, 1.807) is 4.90 Å². The summed E-state index contributed by atoms with van der Waals surface area (Å²) in [4.78, 5) is 25.5. The Morgan fingerprint density at radius 3 is 2.30 bits per heavy atom. The Bertz CT molecular complexity index is 357. The molecule has 0 aromatic rings. The van der Waals surface area contributed by atoms with Crippen LogP contribution in [-0.2, 0) is 9.59 Å². The van der Waals surface area contributed by atoms with E-state index in [4.69, 9.17) is 11.5 Å². The van der Waals surface area contributed by atoms with E-state index >= 15 is 0 Å². The summed E-state index contributed by atoms with van der Waals surface area (Å²) in [6.45, 7) is 8.86. The molecule has 4 atom stereocenters. The first-order valence-corrected chi connectivity index (χ1v) is 7.55. The lowest BCUT2D eigenvalue weighted by molar-refractivity contribution is -0.142. The van der Waals surface area contributed by atoms with Gasteiger partial charge in [-0.05, 0) is 30.6 Å². The molecule has 5 nitrogen and oxygen atoms in total. The number of primary amides is 1. The second-order valence-electron chi connectivity index (χ2n) is 6.78. The predicted molar refractivity (Wildman–Crippen MR) is 79.6 cm³/mol. The van der Waals surface area contributed by atoms with Gasteiger partial charge >= 0.3 is 0 Å². The molecule has 0 aromatic carbocycles. The lowest BCUT2D eigenvalue weighted by atomic mass is 9.72. The van der Waals surface area contributed by atoms with Gasteiger partial charge in [-0.3, -0.25) is 9.59 Å². The molecular weight excluding hydrogens is 254 g/mol. The van der Waals surface area contributed by atoms with Crippen molar-refractivity contribution in [2.75, 3.05) is 13.1 Å². The van der Waals surface area contributed by atoms with E-state index in [0.717, 1.165) is 6.42 Å². The van der Waals surface area contributed by atoms with Gasteiger partial charge < -0.3 is 16.4 Å². The molecule has 0 saturated heterocycles. The first kappa shape index (κ1) is 17.0. The van der Waals surface area contributed by atoms with Crippen LogP contribution in [0.3, 0.4) is 0 Å². The Hall–Kier alpha value is -1.10. The van der Waals surface area contributed by atoms with Crippen molar-refractivity contribution in [3.8, 4) is 0 Å². The fourth-order valence-electron chi connectivity index (χ4n) is 3.12. The van der Waals surface area contributed by atoms with Crippen LogP contribution >= 0.6 is 0 Å². The third-order valence-electron chi connectivity index (χ3n) is 4.25. The molecule has 1 rings (SSSR count). The summed E-state index contributed by atoms with van der Waals surface area (Å²) in [7, 11) is 0. The van der Waals surface area contributed by atoms with E-state index in [-0.39, 0.29) is 24.4 Å². The smallest absolute Gasteiger partial charge is 0.237 e.